The molecule has 74 valence electrons. The zero-order valence-electron chi connectivity index (χ0n) is 8.49. The van der Waals surface area contributed by atoms with Gasteiger partial charge in [0.15, 0.2) is 0 Å². The summed E-state index contributed by atoms with van der Waals surface area (Å²) in [5.74, 6) is 0. The molecule has 0 aliphatic carbocycles. The van der Waals surface area contributed by atoms with Crippen molar-refractivity contribution in [1.82, 2.24) is 4.98 Å². The molecule has 0 unspecified atom stereocenters. The van der Waals surface area contributed by atoms with Crippen molar-refractivity contribution >= 4 is 21.6 Å². The summed E-state index contributed by atoms with van der Waals surface area (Å²) in [5, 5.41) is 1.30. The smallest absolute Gasteiger partial charge is 0.123 e. The van der Waals surface area contributed by atoms with Crippen LogP contribution in [0.2, 0.25) is 0 Å². The Balaban J connectivity index is 2.11. The topological polar surface area (TPSA) is 12.9 Å². The Kier molecular flexibility index (Phi) is 3.14. The van der Waals surface area contributed by atoms with Crippen LogP contribution in [-0.2, 0) is 6.42 Å². The maximum absolute atomic E-state index is 4.35. The number of nitrogens with zero attached hydrogens (tertiary/aromatic N) is 1. The van der Waals surface area contributed by atoms with E-state index in [1.54, 1.807) is 0 Å². The van der Waals surface area contributed by atoms with Crippen LogP contribution in [0, 0.1) is 0 Å². The van der Waals surface area contributed by atoms with Crippen molar-refractivity contribution in [2.45, 2.75) is 32.6 Å². The maximum Gasteiger partial charge on any atom is 0.123 e. The van der Waals surface area contributed by atoms with Crippen LogP contribution < -0.4 is 0 Å². The number of aryl methyl sites for hydroxylation is 1. The van der Waals surface area contributed by atoms with Gasteiger partial charge in [-0.25, -0.2) is 4.98 Å². The van der Waals surface area contributed by atoms with Crippen LogP contribution in [0.4, 0.5) is 0 Å². The van der Waals surface area contributed by atoms with Crippen LogP contribution in [0.15, 0.2) is 24.4 Å². The molecule has 2 rings (SSSR count). The first-order valence-corrected chi connectivity index (χ1v) is 6.05. The zero-order valence-corrected chi connectivity index (χ0v) is 9.31. The lowest BCUT2D eigenvalue weighted by molar-refractivity contribution is 0.723. The van der Waals surface area contributed by atoms with Gasteiger partial charge < -0.3 is 0 Å². The second kappa shape index (κ2) is 4.56. The molecule has 2 heteroatoms. The van der Waals surface area contributed by atoms with E-state index < -0.39 is 0 Å². The van der Waals surface area contributed by atoms with Crippen LogP contribution in [-0.4, -0.2) is 4.98 Å². The van der Waals surface area contributed by atoms with Crippen molar-refractivity contribution < 1.29 is 0 Å². The Hall–Kier alpha value is -0.890. The Morgan fingerprint density at radius 3 is 3.07 bits per heavy atom. The Bertz CT molecular complexity index is 372. The first-order chi connectivity index (χ1) is 6.90. The third kappa shape index (κ3) is 2.13. The first-order valence-electron chi connectivity index (χ1n) is 5.23. The number of hydrogen-bond donors (Lipinski definition) is 0. The molecule has 0 radical (unpaired) electrons. The Morgan fingerprint density at radius 2 is 2.29 bits per heavy atom. The van der Waals surface area contributed by atoms with E-state index in [0.29, 0.717) is 0 Å². The third-order valence-corrected chi connectivity index (χ3v) is 3.49. The Morgan fingerprint density at radius 1 is 1.36 bits per heavy atom. The molecule has 0 spiro atoms. The maximum atomic E-state index is 4.35. The van der Waals surface area contributed by atoms with Gasteiger partial charge in [0.05, 0.1) is 0 Å². The highest BCUT2D eigenvalue weighted by Crippen LogP contribution is 2.24. The number of hydrogen-bond acceptors (Lipinski definition) is 2. The van der Waals surface area contributed by atoms with Crippen molar-refractivity contribution in [1.29, 1.82) is 0 Å². The van der Waals surface area contributed by atoms with E-state index in [-0.39, 0.29) is 0 Å². The summed E-state index contributed by atoms with van der Waals surface area (Å²) in [6.45, 7) is 2.24. The highest BCUT2D eigenvalue weighted by molar-refractivity contribution is 7.18. The minimum atomic E-state index is 1.18. The predicted molar refractivity (Wildman–Crippen MR) is 62.8 cm³/mol. The quantitative estimate of drug-likeness (QED) is 0.687. The van der Waals surface area contributed by atoms with E-state index in [0.717, 1.165) is 0 Å². The molecule has 2 aromatic rings. The molecule has 0 aliphatic heterocycles. The van der Waals surface area contributed by atoms with Crippen molar-refractivity contribution in [2.75, 3.05) is 0 Å². The second-order valence-electron chi connectivity index (χ2n) is 3.57. The van der Waals surface area contributed by atoms with Crippen LogP contribution in [0.3, 0.4) is 0 Å². The summed E-state index contributed by atoms with van der Waals surface area (Å²) < 4.78 is 0. The molecule has 0 saturated heterocycles. The molecule has 0 fully saturated rings. The third-order valence-electron chi connectivity index (χ3n) is 2.37. The van der Waals surface area contributed by atoms with Crippen LogP contribution in [0.1, 0.15) is 31.1 Å². The highest BCUT2D eigenvalue weighted by atomic mass is 32.1. The highest BCUT2D eigenvalue weighted by Gasteiger charge is 2.01. The van der Waals surface area contributed by atoms with Crippen LogP contribution >= 0.6 is 11.3 Å². The fraction of sp³-hybridized carbons (Fsp3) is 0.417. The van der Waals surface area contributed by atoms with Crippen molar-refractivity contribution in [3.8, 4) is 0 Å². The van der Waals surface area contributed by atoms with E-state index in [9.17, 15) is 0 Å². The molecule has 2 aromatic heterocycles. The molecule has 14 heavy (non-hydrogen) atoms. The molecular formula is C12H15NS. The lowest BCUT2D eigenvalue weighted by Crippen LogP contribution is -1.78. The summed E-state index contributed by atoms with van der Waals surface area (Å²) >= 11 is 1.84. The van der Waals surface area contributed by atoms with Gasteiger partial charge in [-0.1, -0.05) is 25.8 Å². The van der Waals surface area contributed by atoms with Crippen molar-refractivity contribution in [2.24, 2.45) is 0 Å². The Labute approximate surface area is 88.8 Å². The summed E-state index contributed by atoms with van der Waals surface area (Å²) in [6.07, 6.45) is 7.03. The van der Waals surface area contributed by atoms with E-state index in [1.807, 2.05) is 23.6 Å². The van der Waals surface area contributed by atoms with Gasteiger partial charge in [-0.15, -0.1) is 11.3 Å². The summed E-state index contributed by atoms with van der Waals surface area (Å²) in [6, 6.07) is 6.43. The second-order valence-corrected chi connectivity index (χ2v) is 4.68. The van der Waals surface area contributed by atoms with Crippen molar-refractivity contribution in [3.63, 3.8) is 0 Å². The lowest BCUT2D eigenvalue weighted by atomic mass is 10.2. The predicted octanol–water partition coefficient (Wildman–Crippen LogP) is 4.03. The van der Waals surface area contributed by atoms with E-state index >= 15 is 0 Å². The molecule has 0 N–H and O–H groups in total. The molecule has 0 aromatic carbocycles. The largest absolute Gasteiger partial charge is 0.245 e. The van der Waals surface area contributed by atoms with Crippen molar-refractivity contribution in [3.05, 3.63) is 29.3 Å². The average molecular weight is 205 g/mol. The SMILES string of the molecule is CCCCCc1cc2cccnc2s1. The summed E-state index contributed by atoms with van der Waals surface area (Å²) in [5.41, 5.74) is 0. The molecule has 0 atom stereocenters. The van der Waals surface area contributed by atoms with Gasteiger partial charge in [-0.3, -0.25) is 0 Å². The number of thiophene rings is 1. The van der Waals surface area contributed by atoms with Gasteiger partial charge in [-0.2, -0.15) is 0 Å². The molecular weight excluding hydrogens is 190 g/mol. The summed E-state index contributed by atoms with van der Waals surface area (Å²) in [4.78, 5) is 7.01. The monoisotopic (exact) mass is 205 g/mol. The fourth-order valence-electron chi connectivity index (χ4n) is 1.60. The number of fused-ring (bicyclic) bond motifs is 1. The minimum Gasteiger partial charge on any atom is -0.245 e. The van der Waals surface area contributed by atoms with Gasteiger partial charge in [0.25, 0.3) is 0 Å². The number of pyridine rings is 1. The molecule has 2 heterocycles. The zero-order chi connectivity index (χ0) is 9.80. The number of unbranched alkanes of at least 4 members (excludes halogenated alkanes) is 2. The van der Waals surface area contributed by atoms with Gasteiger partial charge in [0.2, 0.25) is 0 Å². The van der Waals surface area contributed by atoms with E-state index in [4.69, 9.17) is 0 Å². The normalized spacial score (nSPS) is 10.9. The molecule has 0 aliphatic rings. The molecule has 0 bridgehead atoms. The van der Waals surface area contributed by atoms with Gasteiger partial charge in [0.1, 0.15) is 4.83 Å². The van der Waals surface area contributed by atoms with Gasteiger partial charge in [0, 0.05) is 16.5 Å². The fourth-order valence-corrected chi connectivity index (χ4v) is 2.64. The number of rotatable bonds is 4. The average Bonchev–Trinajstić information content (AvgIpc) is 2.60. The van der Waals surface area contributed by atoms with Crippen LogP contribution in [0.5, 0.6) is 0 Å². The molecule has 1 nitrogen and oxygen atoms in total. The lowest BCUT2D eigenvalue weighted by Gasteiger charge is -1.93. The summed E-state index contributed by atoms with van der Waals surface area (Å²) in [7, 11) is 0. The molecule has 0 amide bonds. The molecule has 0 saturated carbocycles. The van der Waals surface area contributed by atoms with Crippen LogP contribution in [0.25, 0.3) is 10.2 Å². The van der Waals surface area contributed by atoms with E-state index in [2.05, 4.69) is 24.0 Å². The standard InChI is InChI=1S/C12H15NS/c1-2-3-4-7-11-9-10-6-5-8-13-12(10)14-11/h5-6,8-9H,2-4,7H2,1H3. The van der Waals surface area contributed by atoms with Gasteiger partial charge in [-0.05, 0) is 25.0 Å². The number of aromatic nitrogens is 1. The minimum absolute atomic E-state index is 1.18. The first kappa shape index (κ1) is 9.66. The van der Waals surface area contributed by atoms with E-state index in [1.165, 1.54) is 40.8 Å². The van der Waals surface area contributed by atoms with Gasteiger partial charge >= 0.3 is 0 Å².